The van der Waals surface area contributed by atoms with Crippen LogP contribution in [0.3, 0.4) is 0 Å². The van der Waals surface area contributed by atoms with E-state index in [9.17, 15) is 9.90 Å². The molecule has 22 heavy (non-hydrogen) atoms. The van der Waals surface area contributed by atoms with Gasteiger partial charge in [-0.05, 0) is 17.5 Å². The Morgan fingerprint density at radius 2 is 2.09 bits per heavy atom. The summed E-state index contributed by atoms with van der Waals surface area (Å²) in [6.07, 6.45) is 2.13. The minimum absolute atomic E-state index is 0.0953. The van der Waals surface area contributed by atoms with Crippen molar-refractivity contribution in [3.63, 3.8) is 0 Å². The Kier molecular flexibility index (Phi) is 5.50. The highest BCUT2D eigenvalue weighted by molar-refractivity contribution is 5.93. The van der Waals surface area contributed by atoms with Crippen molar-refractivity contribution in [2.24, 2.45) is 5.41 Å². The number of carbonyl (C=O) groups is 1. The zero-order chi connectivity index (χ0) is 16.2. The van der Waals surface area contributed by atoms with Crippen LogP contribution in [0.5, 0.6) is 0 Å². The first-order valence-electron chi connectivity index (χ1n) is 7.58. The Balaban J connectivity index is 1.79. The minimum Gasteiger partial charge on any atom is -0.389 e. The summed E-state index contributed by atoms with van der Waals surface area (Å²) in [5, 5.41) is 16.4. The standard InChI is InChI=1S/C16H25N3O3/c1-16(2,3)10-19-12-9-22-13(14(12)20)8-18-15(21)11-4-6-17-7-5-11/h4-7,12-14,19-20H,8-10H2,1-3H3,(H,18,21)/t12-,13-,14+/m1/s1. The van der Waals surface area contributed by atoms with Gasteiger partial charge in [0.2, 0.25) is 0 Å². The molecule has 122 valence electrons. The highest BCUT2D eigenvalue weighted by atomic mass is 16.5. The molecule has 1 aliphatic rings. The SMILES string of the molecule is CC(C)(C)CN[C@@H]1CO[C@H](CNC(=O)c2ccncc2)[C@H]1O. The number of aromatic nitrogens is 1. The van der Waals surface area contributed by atoms with Gasteiger partial charge in [0.1, 0.15) is 6.10 Å². The predicted octanol–water partition coefficient (Wildman–Crippen LogP) is 0.575. The third-order valence-corrected chi connectivity index (χ3v) is 3.58. The van der Waals surface area contributed by atoms with E-state index in [4.69, 9.17) is 4.74 Å². The molecule has 0 aliphatic carbocycles. The fourth-order valence-corrected chi connectivity index (χ4v) is 2.28. The third-order valence-electron chi connectivity index (χ3n) is 3.58. The van der Waals surface area contributed by atoms with Crippen molar-refractivity contribution in [3.8, 4) is 0 Å². The van der Waals surface area contributed by atoms with Crippen LogP contribution in [-0.4, -0.2) is 53.9 Å². The minimum atomic E-state index is -0.625. The van der Waals surface area contributed by atoms with E-state index in [0.717, 1.165) is 6.54 Å². The molecule has 1 saturated heterocycles. The predicted molar refractivity (Wildman–Crippen MR) is 83.6 cm³/mol. The molecule has 0 radical (unpaired) electrons. The quantitative estimate of drug-likeness (QED) is 0.741. The van der Waals surface area contributed by atoms with E-state index >= 15 is 0 Å². The van der Waals surface area contributed by atoms with Crippen LogP contribution in [-0.2, 0) is 4.74 Å². The van der Waals surface area contributed by atoms with E-state index < -0.39 is 6.10 Å². The molecule has 0 unspecified atom stereocenters. The van der Waals surface area contributed by atoms with Crippen molar-refractivity contribution in [2.75, 3.05) is 19.7 Å². The summed E-state index contributed by atoms with van der Waals surface area (Å²) in [5.74, 6) is -0.190. The van der Waals surface area contributed by atoms with Gasteiger partial charge < -0.3 is 20.5 Å². The van der Waals surface area contributed by atoms with E-state index in [1.165, 1.54) is 0 Å². The van der Waals surface area contributed by atoms with Gasteiger partial charge in [0.25, 0.3) is 5.91 Å². The number of aliphatic hydroxyl groups is 1. The molecule has 0 saturated carbocycles. The molecule has 3 atom stereocenters. The summed E-state index contributed by atoms with van der Waals surface area (Å²) in [6, 6.07) is 3.20. The Morgan fingerprint density at radius 1 is 1.41 bits per heavy atom. The van der Waals surface area contributed by atoms with E-state index in [2.05, 4.69) is 36.4 Å². The van der Waals surface area contributed by atoms with Crippen molar-refractivity contribution in [2.45, 2.75) is 39.0 Å². The first-order valence-corrected chi connectivity index (χ1v) is 7.58. The lowest BCUT2D eigenvalue weighted by molar-refractivity contribution is 0.0397. The highest BCUT2D eigenvalue weighted by Gasteiger charge is 2.36. The molecule has 0 bridgehead atoms. The molecule has 1 aromatic heterocycles. The number of ether oxygens (including phenoxy) is 1. The number of hydrogen-bond acceptors (Lipinski definition) is 5. The maximum Gasteiger partial charge on any atom is 0.251 e. The molecular weight excluding hydrogens is 282 g/mol. The normalized spacial score (nSPS) is 25.2. The lowest BCUT2D eigenvalue weighted by Gasteiger charge is -2.24. The van der Waals surface area contributed by atoms with Gasteiger partial charge >= 0.3 is 0 Å². The van der Waals surface area contributed by atoms with Gasteiger partial charge in [-0.2, -0.15) is 0 Å². The van der Waals surface area contributed by atoms with Gasteiger partial charge in [-0.25, -0.2) is 0 Å². The van der Waals surface area contributed by atoms with Crippen LogP contribution in [0.15, 0.2) is 24.5 Å². The van der Waals surface area contributed by atoms with Gasteiger partial charge in [-0.3, -0.25) is 9.78 Å². The number of aliphatic hydroxyl groups excluding tert-OH is 1. The van der Waals surface area contributed by atoms with Crippen LogP contribution < -0.4 is 10.6 Å². The summed E-state index contributed by atoms with van der Waals surface area (Å²) < 4.78 is 5.59. The van der Waals surface area contributed by atoms with Crippen molar-refractivity contribution in [3.05, 3.63) is 30.1 Å². The molecule has 1 aliphatic heterocycles. The van der Waals surface area contributed by atoms with Crippen LogP contribution in [0.1, 0.15) is 31.1 Å². The average Bonchev–Trinajstić information content (AvgIpc) is 2.83. The van der Waals surface area contributed by atoms with Crippen LogP contribution in [0.2, 0.25) is 0 Å². The fraction of sp³-hybridized carbons (Fsp3) is 0.625. The fourth-order valence-electron chi connectivity index (χ4n) is 2.28. The number of hydrogen-bond donors (Lipinski definition) is 3. The first-order chi connectivity index (χ1) is 10.4. The van der Waals surface area contributed by atoms with Crippen LogP contribution in [0.4, 0.5) is 0 Å². The van der Waals surface area contributed by atoms with Crippen molar-refractivity contribution in [1.82, 2.24) is 15.6 Å². The summed E-state index contributed by atoms with van der Waals surface area (Å²) in [4.78, 5) is 15.8. The van der Waals surface area contributed by atoms with E-state index in [0.29, 0.717) is 12.2 Å². The Labute approximate surface area is 131 Å². The Bertz CT molecular complexity index is 487. The molecule has 1 amide bonds. The number of rotatable bonds is 5. The number of nitrogens with zero attached hydrogens (tertiary/aromatic N) is 1. The second kappa shape index (κ2) is 7.17. The molecule has 2 rings (SSSR count). The van der Waals surface area contributed by atoms with E-state index in [1.54, 1.807) is 24.5 Å². The number of pyridine rings is 1. The van der Waals surface area contributed by atoms with E-state index in [-0.39, 0.29) is 30.0 Å². The van der Waals surface area contributed by atoms with Gasteiger partial charge in [0.15, 0.2) is 0 Å². The molecule has 3 N–H and O–H groups in total. The van der Waals surface area contributed by atoms with Crippen molar-refractivity contribution in [1.29, 1.82) is 0 Å². The zero-order valence-electron chi connectivity index (χ0n) is 13.4. The summed E-state index contributed by atoms with van der Waals surface area (Å²) in [6.45, 7) is 7.94. The molecule has 2 heterocycles. The Hall–Kier alpha value is -1.50. The summed E-state index contributed by atoms with van der Waals surface area (Å²) in [5.41, 5.74) is 0.692. The largest absolute Gasteiger partial charge is 0.389 e. The monoisotopic (exact) mass is 307 g/mol. The van der Waals surface area contributed by atoms with Gasteiger partial charge in [0.05, 0.1) is 18.8 Å². The van der Waals surface area contributed by atoms with E-state index in [1.807, 2.05) is 0 Å². The smallest absolute Gasteiger partial charge is 0.251 e. The molecule has 6 heteroatoms. The zero-order valence-corrected chi connectivity index (χ0v) is 13.4. The maximum absolute atomic E-state index is 12.0. The molecule has 0 aromatic carbocycles. The lowest BCUT2D eigenvalue weighted by Crippen LogP contribution is -2.46. The molecule has 1 fully saturated rings. The number of nitrogens with one attached hydrogen (secondary N) is 2. The van der Waals surface area contributed by atoms with Crippen LogP contribution in [0, 0.1) is 5.41 Å². The van der Waals surface area contributed by atoms with Gasteiger partial charge in [-0.1, -0.05) is 20.8 Å². The van der Waals surface area contributed by atoms with Crippen LogP contribution in [0.25, 0.3) is 0 Å². The first kappa shape index (κ1) is 16.9. The summed E-state index contributed by atoms with van der Waals surface area (Å²) in [7, 11) is 0. The maximum atomic E-state index is 12.0. The molecule has 6 nitrogen and oxygen atoms in total. The van der Waals surface area contributed by atoms with Gasteiger partial charge in [-0.15, -0.1) is 0 Å². The Morgan fingerprint density at radius 3 is 2.73 bits per heavy atom. The topological polar surface area (TPSA) is 83.5 Å². The summed E-state index contributed by atoms with van der Waals surface area (Å²) >= 11 is 0. The molecular formula is C16H25N3O3. The van der Waals surface area contributed by atoms with Gasteiger partial charge in [0, 0.05) is 31.0 Å². The van der Waals surface area contributed by atoms with Crippen molar-refractivity contribution < 1.29 is 14.6 Å². The third kappa shape index (κ3) is 4.76. The number of amides is 1. The average molecular weight is 307 g/mol. The highest BCUT2D eigenvalue weighted by Crippen LogP contribution is 2.17. The second-order valence-electron chi connectivity index (χ2n) is 6.86. The van der Waals surface area contributed by atoms with Crippen LogP contribution >= 0.6 is 0 Å². The lowest BCUT2D eigenvalue weighted by atomic mass is 9.96. The number of carbonyl (C=O) groups excluding carboxylic acids is 1. The second-order valence-corrected chi connectivity index (χ2v) is 6.86. The molecule has 1 aromatic rings. The van der Waals surface area contributed by atoms with Crippen molar-refractivity contribution >= 4 is 5.91 Å². The molecule has 0 spiro atoms.